The van der Waals surface area contributed by atoms with Crippen LogP contribution in [-0.4, -0.2) is 41.8 Å². The predicted octanol–water partition coefficient (Wildman–Crippen LogP) is 5.09. The molecular formula is C28H36N2O5. The molecule has 7 nitrogen and oxygen atoms in total. The number of amides is 2. The van der Waals surface area contributed by atoms with Gasteiger partial charge in [-0.15, -0.1) is 0 Å². The summed E-state index contributed by atoms with van der Waals surface area (Å²) in [5, 5.41) is 14.7. The molecule has 0 heterocycles. The van der Waals surface area contributed by atoms with Crippen LogP contribution >= 0.6 is 0 Å². The van der Waals surface area contributed by atoms with Crippen LogP contribution in [0.1, 0.15) is 69.9 Å². The van der Waals surface area contributed by atoms with Crippen molar-refractivity contribution >= 4 is 18.0 Å². The van der Waals surface area contributed by atoms with Crippen molar-refractivity contribution in [1.82, 2.24) is 10.6 Å². The molecule has 0 bridgehead atoms. The number of hydrogen-bond donors (Lipinski definition) is 3. The van der Waals surface area contributed by atoms with Crippen LogP contribution in [0.4, 0.5) is 4.79 Å². The zero-order chi connectivity index (χ0) is 25.4. The lowest BCUT2D eigenvalue weighted by molar-refractivity contribution is -0.137. The Morgan fingerprint density at radius 1 is 0.971 bits per heavy atom. The lowest BCUT2D eigenvalue weighted by Gasteiger charge is -2.24. The van der Waals surface area contributed by atoms with Crippen molar-refractivity contribution in [2.24, 2.45) is 5.92 Å². The number of ether oxygens (including phenoxy) is 1. The monoisotopic (exact) mass is 480 g/mol. The summed E-state index contributed by atoms with van der Waals surface area (Å²) in [5.74, 6) is -1.27. The van der Waals surface area contributed by atoms with E-state index in [2.05, 4.69) is 34.9 Å². The van der Waals surface area contributed by atoms with Crippen LogP contribution in [0.2, 0.25) is 0 Å². The number of benzene rings is 2. The molecule has 0 fully saturated rings. The quantitative estimate of drug-likeness (QED) is 0.392. The molecule has 2 aromatic rings. The number of carbonyl (C=O) groups is 3. The second-order valence-corrected chi connectivity index (χ2v) is 9.60. The van der Waals surface area contributed by atoms with Crippen molar-refractivity contribution < 1.29 is 24.2 Å². The van der Waals surface area contributed by atoms with Gasteiger partial charge in [0.25, 0.3) is 0 Å². The molecule has 7 heteroatoms. The van der Waals surface area contributed by atoms with Crippen LogP contribution in [0.15, 0.2) is 48.5 Å². The number of carbonyl (C=O) groups excluding carboxylic acids is 2. The molecule has 0 saturated carbocycles. The van der Waals surface area contributed by atoms with Crippen molar-refractivity contribution in [3.63, 3.8) is 0 Å². The van der Waals surface area contributed by atoms with E-state index in [-0.39, 0.29) is 30.8 Å². The largest absolute Gasteiger partial charge is 0.481 e. The molecule has 2 atom stereocenters. The van der Waals surface area contributed by atoms with Gasteiger partial charge in [0, 0.05) is 12.0 Å². The smallest absolute Gasteiger partial charge is 0.407 e. The van der Waals surface area contributed by atoms with Gasteiger partial charge in [-0.05, 0) is 41.0 Å². The number of carboxylic acids is 1. The summed E-state index contributed by atoms with van der Waals surface area (Å²) in [6.07, 6.45) is 1.91. The third-order valence-electron chi connectivity index (χ3n) is 6.33. The van der Waals surface area contributed by atoms with Crippen LogP contribution in [0.25, 0.3) is 11.1 Å². The zero-order valence-corrected chi connectivity index (χ0v) is 20.8. The Kier molecular flexibility index (Phi) is 9.29. The first-order valence-corrected chi connectivity index (χ1v) is 12.4. The minimum absolute atomic E-state index is 0.0699. The standard InChI is InChI=1S/C28H36N2O5/c1-4-5-10-19(16-26(31)32)29-27(33)25(15-18(2)3)30-28(34)35-17-24-22-13-8-6-11-20(22)21-12-7-9-14-23(21)24/h6-9,11-14,18-19,24-25H,4-5,10,15-17H2,1-3H3,(H,29,33)(H,30,34)(H,31,32)/t19-,25-/m1/s1. The Morgan fingerprint density at radius 3 is 2.11 bits per heavy atom. The highest BCUT2D eigenvalue weighted by molar-refractivity contribution is 5.86. The van der Waals surface area contributed by atoms with E-state index in [1.165, 1.54) is 0 Å². The molecule has 35 heavy (non-hydrogen) atoms. The van der Waals surface area contributed by atoms with Crippen LogP contribution in [0.5, 0.6) is 0 Å². The summed E-state index contributed by atoms with van der Waals surface area (Å²) in [6.45, 7) is 6.10. The van der Waals surface area contributed by atoms with Crippen molar-refractivity contribution in [3.8, 4) is 11.1 Å². The molecule has 0 aliphatic heterocycles. The maximum atomic E-state index is 13.0. The molecular weight excluding hydrogens is 444 g/mol. The molecule has 0 radical (unpaired) electrons. The number of alkyl carbamates (subject to hydrolysis) is 1. The fraction of sp³-hybridized carbons (Fsp3) is 0.464. The summed E-state index contributed by atoms with van der Waals surface area (Å²) in [6, 6.07) is 14.9. The predicted molar refractivity (Wildman–Crippen MR) is 135 cm³/mol. The molecule has 3 rings (SSSR count). The number of nitrogens with one attached hydrogen (secondary N) is 2. The summed E-state index contributed by atoms with van der Waals surface area (Å²) >= 11 is 0. The average Bonchev–Trinajstić information content (AvgIpc) is 3.14. The highest BCUT2D eigenvalue weighted by Crippen LogP contribution is 2.44. The van der Waals surface area contributed by atoms with Gasteiger partial charge in [-0.1, -0.05) is 82.1 Å². The first kappa shape index (κ1) is 26.3. The number of carboxylic acid groups (broad SMARTS) is 1. The molecule has 2 amide bonds. The number of fused-ring (bicyclic) bond motifs is 3. The SMILES string of the molecule is CCCC[C@H](CC(=O)O)NC(=O)[C@@H](CC(C)C)NC(=O)OCC1c2ccccc2-c2ccccc21. The molecule has 0 unspecified atom stereocenters. The highest BCUT2D eigenvalue weighted by atomic mass is 16.5. The summed E-state index contributed by atoms with van der Waals surface area (Å²) < 4.78 is 5.61. The lowest BCUT2D eigenvalue weighted by atomic mass is 9.98. The van der Waals surface area contributed by atoms with Crippen molar-refractivity contribution in [2.75, 3.05) is 6.61 Å². The Hall–Kier alpha value is -3.35. The summed E-state index contributed by atoms with van der Waals surface area (Å²) in [7, 11) is 0. The Balaban J connectivity index is 1.64. The van der Waals surface area contributed by atoms with E-state index in [9.17, 15) is 19.5 Å². The maximum Gasteiger partial charge on any atom is 0.407 e. The first-order valence-electron chi connectivity index (χ1n) is 12.4. The van der Waals surface area contributed by atoms with Crippen molar-refractivity contribution in [3.05, 3.63) is 59.7 Å². The van der Waals surface area contributed by atoms with E-state index in [1.54, 1.807) is 0 Å². The Labute approximate surface area is 207 Å². The van der Waals surface area contributed by atoms with Crippen LogP contribution in [0.3, 0.4) is 0 Å². The molecule has 1 aliphatic rings. The van der Waals surface area contributed by atoms with E-state index >= 15 is 0 Å². The fourth-order valence-corrected chi connectivity index (χ4v) is 4.67. The number of aliphatic carboxylic acids is 1. The molecule has 188 valence electrons. The van der Waals surface area contributed by atoms with Gasteiger partial charge in [0.1, 0.15) is 12.6 Å². The van der Waals surface area contributed by atoms with Crippen molar-refractivity contribution in [1.29, 1.82) is 0 Å². The molecule has 3 N–H and O–H groups in total. The zero-order valence-electron chi connectivity index (χ0n) is 20.8. The summed E-state index contributed by atoms with van der Waals surface area (Å²) in [4.78, 5) is 37.0. The Bertz CT molecular complexity index is 990. The summed E-state index contributed by atoms with van der Waals surface area (Å²) in [5.41, 5.74) is 4.52. The van der Waals surface area contributed by atoms with E-state index in [4.69, 9.17) is 4.74 Å². The second kappa shape index (κ2) is 12.4. The lowest BCUT2D eigenvalue weighted by Crippen LogP contribution is -2.50. The third kappa shape index (κ3) is 7.07. The number of hydrogen-bond acceptors (Lipinski definition) is 4. The molecule has 2 aromatic carbocycles. The third-order valence-corrected chi connectivity index (χ3v) is 6.33. The van der Waals surface area contributed by atoms with E-state index in [1.807, 2.05) is 45.0 Å². The first-order chi connectivity index (χ1) is 16.8. The maximum absolute atomic E-state index is 13.0. The van der Waals surface area contributed by atoms with E-state index < -0.39 is 24.1 Å². The van der Waals surface area contributed by atoms with E-state index in [0.717, 1.165) is 35.1 Å². The molecule has 0 spiro atoms. The van der Waals surface area contributed by atoms with Gasteiger partial charge in [-0.2, -0.15) is 0 Å². The fourth-order valence-electron chi connectivity index (χ4n) is 4.67. The van der Waals surface area contributed by atoms with Gasteiger partial charge in [0.05, 0.1) is 6.42 Å². The molecule has 0 saturated heterocycles. The van der Waals surface area contributed by atoms with E-state index in [0.29, 0.717) is 12.8 Å². The number of rotatable bonds is 12. The normalized spacial score (nSPS) is 14.1. The van der Waals surface area contributed by atoms with Gasteiger partial charge in [-0.25, -0.2) is 4.79 Å². The van der Waals surface area contributed by atoms with Crippen LogP contribution < -0.4 is 10.6 Å². The molecule has 1 aliphatic carbocycles. The van der Waals surface area contributed by atoms with Gasteiger partial charge < -0.3 is 20.5 Å². The van der Waals surface area contributed by atoms with Gasteiger partial charge in [0.2, 0.25) is 5.91 Å². The minimum atomic E-state index is -0.962. The second-order valence-electron chi connectivity index (χ2n) is 9.60. The average molecular weight is 481 g/mol. The Morgan fingerprint density at radius 2 is 1.57 bits per heavy atom. The molecule has 0 aromatic heterocycles. The number of unbranched alkanes of at least 4 members (excludes halogenated alkanes) is 1. The van der Waals surface area contributed by atoms with Crippen LogP contribution in [-0.2, 0) is 14.3 Å². The van der Waals surface area contributed by atoms with Gasteiger partial charge >= 0.3 is 12.1 Å². The van der Waals surface area contributed by atoms with Gasteiger partial charge in [-0.3, -0.25) is 9.59 Å². The minimum Gasteiger partial charge on any atom is -0.481 e. The highest BCUT2D eigenvalue weighted by Gasteiger charge is 2.30. The van der Waals surface area contributed by atoms with Gasteiger partial charge in [0.15, 0.2) is 0 Å². The van der Waals surface area contributed by atoms with Crippen molar-refractivity contribution in [2.45, 2.75) is 70.9 Å². The topological polar surface area (TPSA) is 105 Å². The van der Waals surface area contributed by atoms with Crippen LogP contribution in [0, 0.1) is 5.92 Å².